The smallest absolute Gasteiger partial charge is 0.253 e. The van der Waals surface area contributed by atoms with E-state index in [0.717, 1.165) is 5.56 Å². The third kappa shape index (κ3) is 5.18. The van der Waals surface area contributed by atoms with Crippen LogP contribution in [-0.4, -0.2) is 11.8 Å². The lowest BCUT2D eigenvalue weighted by molar-refractivity contribution is -0.116. The topological polar surface area (TPSA) is 58.2 Å². The number of benzene rings is 3. The summed E-state index contributed by atoms with van der Waals surface area (Å²) in [6, 6.07) is 20.9. The van der Waals surface area contributed by atoms with Gasteiger partial charge in [-0.1, -0.05) is 60.1 Å². The van der Waals surface area contributed by atoms with E-state index in [0.29, 0.717) is 16.3 Å². The van der Waals surface area contributed by atoms with E-state index in [2.05, 4.69) is 10.6 Å². The molecule has 0 aliphatic rings. The minimum absolute atomic E-state index is 0.0171. The Bertz CT molecular complexity index is 979. The lowest BCUT2D eigenvalue weighted by Gasteiger charge is -2.19. The van der Waals surface area contributed by atoms with E-state index < -0.39 is 11.9 Å². The number of rotatable bonds is 6. The molecule has 28 heavy (non-hydrogen) atoms. The fraction of sp³-hybridized carbons (Fsp3) is 0.0909. The second-order valence-corrected chi connectivity index (χ2v) is 6.59. The van der Waals surface area contributed by atoms with Crippen LogP contribution in [0.25, 0.3) is 0 Å². The second kappa shape index (κ2) is 9.15. The van der Waals surface area contributed by atoms with Crippen LogP contribution in [0.4, 0.5) is 10.1 Å². The van der Waals surface area contributed by atoms with Gasteiger partial charge in [0.15, 0.2) is 0 Å². The van der Waals surface area contributed by atoms with Gasteiger partial charge >= 0.3 is 0 Å². The van der Waals surface area contributed by atoms with Gasteiger partial charge in [0.1, 0.15) is 5.82 Å². The lowest BCUT2D eigenvalue weighted by Crippen LogP contribution is -2.31. The third-order valence-electron chi connectivity index (χ3n) is 4.12. The number of halogens is 2. The predicted octanol–water partition coefficient (Wildman–Crippen LogP) is 4.98. The molecule has 3 aromatic carbocycles. The predicted molar refractivity (Wildman–Crippen MR) is 108 cm³/mol. The van der Waals surface area contributed by atoms with Crippen LogP contribution in [-0.2, 0) is 4.79 Å². The molecule has 0 saturated heterocycles. The van der Waals surface area contributed by atoms with Gasteiger partial charge in [-0.15, -0.1) is 0 Å². The second-order valence-electron chi connectivity index (χ2n) is 6.18. The van der Waals surface area contributed by atoms with Gasteiger partial charge in [0.2, 0.25) is 5.91 Å². The number of carbonyl (C=O) groups is 2. The summed E-state index contributed by atoms with van der Waals surface area (Å²) in [4.78, 5) is 25.1. The maximum absolute atomic E-state index is 13.3. The van der Waals surface area contributed by atoms with Crippen LogP contribution in [0, 0.1) is 5.82 Å². The van der Waals surface area contributed by atoms with Gasteiger partial charge in [-0.25, -0.2) is 4.39 Å². The molecule has 0 aliphatic heterocycles. The fourth-order valence-electron chi connectivity index (χ4n) is 2.78. The number of anilines is 1. The van der Waals surface area contributed by atoms with Crippen molar-refractivity contribution in [1.82, 2.24) is 5.32 Å². The van der Waals surface area contributed by atoms with E-state index in [1.165, 1.54) is 18.2 Å². The molecule has 0 bridgehead atoms. The normalized spacial score (nSPS) is 11.5. The SMILES string of the molecule is O=C(CC(NC(=O)c1ccccc1Cl)c1ccccc1)Nc1cccc(F)c1. The first-order valence-corrected chi connectivity index (χ1v) is 9.06. The summed E-state index contributed by atoms with van der Waals surface area (Å²) in [5.41, 5.74) is 1.46. The monoisotopic (exact) mass is 396 g/mol. The number of nitrogens with one attached hydrogen (secondary N) is 2. The van der Waals surface area contributed by atoms with Gasteiger partial charge < -0.3 is 10.6 Å². The number of hydrogen-bond donors (Lipinski definition) is 2. The molecule has 2 amide bonds. The van der Waals surface area contributed by atoms with Crippen LogP contribution >= 0.6 is 11.6 Å². The summed E-state index contributed by atoms with van der Waals surface area (Å²) in [6.07, 6.45) is -0.0171. The van der Waals surface area contributed by atoms with E-state index in [4.69, 9.17) is 11.6 Å². The average molecular weight is 397 g/mol. The highest BCUT2D eigenvalue weighted by molar-refractivity contribution is 6.33. The molecule has 0 aromatic heterocycles. The summed E-state index contributed by atoms with van der Waals surface area (Å²) < 4.78 is 13.3. The van der Waals surface area contributed by atoms with Crippen LogP contribution in [0.5, 0.6) is 0 Å². The minimum atomic E-state index is -0.571. The van der Waals surface area contributed by atoms with Gasteiger partial charge in [-0.05, 0) is 35.9 Å². The molecule has 0 aliphatic carbocycles. The van der Waals surface area contributed by atoms with E-state index in [9.17, 15) is 14.0 Å². The quantitative estimate of drug-likeness (QED) is 0.617. The Labute approximate surface area is 167 Å². The van der Waals surface area contributed by atoms with Crippen molar-refractivity contribution in [3.63, 3.8) is 0 Å². The Hall–Kier alpha value is -3.18. The first-order valence-electron chi connectivity index (χ1n) is 8.68. The zero-order valence-corrected chi connectivity index (χ0v) is 15.6. The summed E-state index contributed by atoms with van der Waals surface area (Å²) in [7, 11) is 0. The van der Waals surface area contributed by atoms with E-state index >= 15 is 0 Å². The standard InChI is InChI=1S/C22H18ClFN2O2/c23-19-12-5-4-11-18(19)22(28)26-20(15-7-2-1-3-8-15)14-21(27)25-17-10-6-9-16(24)13-17/h1-13,20H,14H2,(H,25,27)(H,26,28). The zero-order chi connectivity index (χ0) is 19.9. The Kier molecular flexibility index (Phi) is 6.40. The van der Waals surface area contributed by atoms with E-state index in [1.807, 2.05) is 30.3 Å². The van der Waals surface area contributed by atoms with Crippen molar-refractivity contribution in [3.8, 4) is 0 Å². The van der Waals surface area contributed by atoms with Gasteiger partial charge in [0.05, 0.1) is 23.0 Å². The Balaban J connectivity index is 1.77. The Morgan fingerprint density at radius 3 is 2.36 bits per heavy atom. The molecule has 4 nitrogen and oxygen atoms in total. The van der Waals surface area contributed by atoms with Crippen molar-refractivity contribution in [2.24, 2.45) is 0 Å². The molecule has 1 unspecified atom stereocenters. The fourth-order valence-corrected chi connectivity index (χ4v) is 3.00. The van der Waals surface area contributed by atoms with Crippen molar-refractivity contribution >= 4 is 29.1 Å². The zero-order valence-electron chi connectivity index (χ0n) is 14.9. The maximum atomic E-state index is 13.3. The summed E-state index contributed by atoms with van der Waals surface area (Å²) >= 11 is 6.10. The maximum Gasteiger partial charge on any atom is 0.253 e. The first kappa shape index (κ1) is 19.6. The van der Waals surface area contributed by atoms with Crippen LogP contribution in [0.1, 0.15) is 28.4 Å². The van der Waals surface area contributed by atoms with Crippen LogP contribution < -0.4 is 10.6 Å². The van der Waals surface area contributed by atoms with Crippen molar-refractivity contribution in [1.29, 1.82) is 0 Å². The number of amides is 2. The van der Waals surface area contributed by atoms with Crippen molar-refractivity contribution < 1.29 is 14.0 Å². The molecule has 1 atom stereocenters. The third-order valence-corrected chi connectivity index (χ3v) is 4.45. The minimum Gasteiger partial charge on any atom is -0.345 e. The van der Waals surface area contributed by atoms with Crippen LogP contribution in [0.3, 0.4) is 0 Å². The van der Waals surface area contributed by atoms with Crippen molar-refractivity contribution in [2.75, 3.05) is 5.32 Å². The Morgan fingerprint density at radius 1 is 0.929 bits per heavy atom. The molecule has 0 fully saturated rings. The highest BCUT2D eigenvalue weighted by Gasteiger charge is 2.20. The van der Waals surface area contributed by atoms with Crippen molar-refractivity contribution in [2.45, 2.75) is 12.5 Å². The summed E-state index contributed by atoms with van der Waals surface area (Å²) in [5.74, 6) is -1.17. The summed E-state index contributed by atoms with van der Waals surface area (Å²) in [6.45, 7) is 0. The van der Waals surface area contributed by atoms with Crippen molar-refractivity contribution in [3.05, 3.63) is 101 Å². The molecule has 0 radical (unpaired) electrons. The van der Waals surface area contributed by atoms with Gasteiger partial charge in [0.25, 0.3) is 5.91 Å². The van der Waals surface area contributed by atoms with Gasteiger partial charge in [0, 0.05) is 5.69 Å². The Morgan fingerprint density at radius 2 is 1.64 bits per heavy atom. The molecule has 0 saturated carbocycles. The lowest BCUT2D eigenvalue weighted by atomic mass is 10.0. The average Bonchev–Trinajstić information content (AvgIpc) is 2.68. The van der Waals surface area contributed by atoms with Crippen LogP contribution in [0.2, 0.25) is 5.02 Å². The molecular formula is C22H18ClFN2O2. The molecule has 0 spiro atoms. The molecule has 142 valence electrons. The highest BCUT2D eigenvalue weighted by Crippen LogP contribution is 2.21. The van der Waals surface area contributed by atoms with Gasteiger partial charge in [-0.2, -0.15) is 0 Å². The number of hydrogen-bond acceptors (Lipinski definition) is 2. The molecule has 6 heteroatoms. The van der Waals surface area contributed by atoms with Crippen LogP contribution in [0.15, 0.2) is 78.9 Å². The largest absolute Gasteiger partial charge is 0.345 e. The number of carbonyl (C=O) groups excluding carboxylic acids is 2. The first-order chi connectivity index (χ1) is 13.5. The molecule has 3 aromatic rings. The summed E-state index contributed by atoms with van der Waals surface area (Å²) in [5, 5.41) is 5.84. The van der Waals surface area contributed by atoms with Gasteiger partial charge in [-0.3, -0.25) is 9.59 Å². The highest BCUT2D eigenvalue weighted by atomic mass is 35.5. The van der Waals surface area contributed by atoms with E-state index in [-0.39, 0.29) is 18.2 Å². The van der Waals surface area contributed by atoms with E-state index in [1.54, 1.807) is 30.3 Å². The molecule has 2 N–H and O–H groups in total. The molecular weight excluding hydrogens is 379 g/mol. The molecule has 0 heterocycles. The molecule has 3 rings (SSSR count).